The van der Waals surface area contributed by atoms with E-state index in [0.717, 1.165) is 31.0 Å². The van der Waals surface area contributed by atoms with Gasteiger partial charge in [-0.3, -0.25) is 0 Å². The Bertz CT molecular complexity index is 503. The van der Waals surface area contributed by atoms with Gasteiger partial charge >= 0.3 is 0 Å². The highest BCUT2D eigenvalue weighted by atomic mass is 16.5. The third-order valence-corrected chi connectivity index (χ3v) is 5.28. The van der Waals surface area contributed by atoms with Gasteiger partial charge in [-0.15, -0.1) is 0 Å². The summed E-state index contributed by atoms with van der Waals surface area (Å²) < 4.78 is 11.4. The molecule has 3 rings (SSSR count). The Morgan fingerprint density at radius 2 is 2.19 bits per heavy atom. The quantitative estimate of drug-likeness (QED) is 0.866. The standard InChI is InChI=1S/C18H27NO2/c1-4-18(6-5-7-18)12-19-11-15-10-17-14(8-13(2)21-17)9-16(15)20-3/h9-10,13,19H,4-8,11-12H2,1-3H3. The molecule has 21 heavy (non-hydrogen) atoms. The van der Waals surface area contributed by atoms with E-state index < -0.39 is 0 Å². The van der Waals surface area contributed by atoms with Crippen LogP contribution in [0.15, 0.2) is 12.1 Å². The van der Waals surface area contributed by atoms with Crippen LogP contribution in [0.25, 0.3) is 0 Å². The lowest BCUT2D eigenvalue weighted by molar-refractivity contribution is 0.123. The van der Waals surface area contributed by atoms with E-state index in [-0.39, 0.29) is 6.10 Å². The highest BCUT2D eigenvalue weighted by Gasteiger charge is 2.34. The van der Waals surface area contributed by atoms with Crippen LogP contribution in [0.5, 0.6) is 11.5 Å². The molecular weight excluding hydrogens is 262 g/mol. The largest absolute Gasteiger partial charge is 0.496 e. The summed E-state index contributed by atoms with van der Waals surface area (Å²) in [7, 11) is 1.75. The Morgan fingerprint density at radius 1 is 1.38 bits per heavy atom. The van der Waals surface area contributed by atoms with Crippen LogP contribution < -0.4 is 14.8 Å². The first-order valence-corrected chi connectivity index (χ1v) is 8.23. The summed E-state index contributed by atoms with van der Waals surface area (Å²) in [6.07, 6.45) is 6.69. The number of hydrogen-bond donors (Lipinski definition) is 1. The monoisotopic (exact) mass is 289 g/mol. The Balaban J connectivity index is 1.66. The molecule has 1 fully saturated rings. The fraction of sp³-hybridized carbons (Fsp3) is 0.667. The van der Waals surface area contributed by atoms with E-state index in [4.69, 9.17) is 9.47 Å². The number of rotatable bonds is 6. The van der Waals surface area contributed by atoms with Crippen molar-refractivity contribution in [1.29, 1.82) is 0 Å². The summed E-state index contributed by atoms with van der Waals surface area (Å²) in [5, 5.41) is 3.64. The number of hydrogen-bond acceptors (Lipinski definition) is 3. The number of nitrogens with one attached hydrogen (secondary N) is 1. The van der Waals surface area contributed by atoms with E-state index in [9.17, 15) is 0 Å². The predicted molar refractivity (Wildman–Crippen MR) is 85.1 cm³/mol. The van der Waals surface area contributed by atoms with Crippen molar-refractivity contribution in [2.24, 2.45) is 5.41 Å². The molecule has 1 heterocycles. The van der Waals surface area contributed by atoms with E-state index in [1.165, 1.54) is 36.8 Å². The molecule has 3 heteroatoms. The van der Waals surface area contributed by atoms with Crippen molar-refractivity contribution in [3.8, 4) is 11.5 Å². The Kier molecular flexibility index (Phi) is 4.12. The normalized spacial score (nSPS) is 22.3. The van der Waals surface area contributed by atoms with Crippen LogP contribution in [0.4, 0.5) is 0 Å². The first kappa shape index (κ1) is 14.7. The zero-order chi connectivity index (χ0) is 14.9. The van der Waals surface area contributed by atoms with Gasteiger partial charge in [0.05, 0.1) is 7.11 Å². The second kappa shape index (κ2) is 5.88. The first-order valence-electron chi connectivity index (χ1n) is 8.23. The van der Waals surface area contributed by atoms with Gasteiger partial charge in [0.1, 0.15) is 17.6 Å². The Hall–Kier alpha value is -1.22. The zero-order valence-electron chi connectivity index (χ0n) is 13.5. The van der Waals surface area contributed by atoms with Crippen LogP contribution in [0.1, 0.15) is 50.7 Å². The highest BCUT2D eigenvalue weighted by Crippen LogP contribution is 2.43. The number of methoxy groups -OCH3 is 1. The molecule has 3 nitrogen and oxygen atoms in total. The maximum Gasteiger partial charge on any atom is 0.123 e. The van der Waals surface area contributed by atoms with Crippen molar-refractivity contribution in [2.75, 3.05) is 13.7 Å². The van der Waals surface area contributed by atoms with E-state index >= 15 is 0 Å². The molecule has 0 aromatic heterocycles. The molecule has 116 valence electrons. The maximum atomic E-state index is 5.86. The fourth-order valence-electron chi connectivity index (χ4n) is 3.60. The lowest BCUT2D eigenvalue weighted by atomic mass is 9.67. The highest BCUT2D eigenvalue weighted by molar-refractivity contribution is 5.48. The van der Waals surface area contributed by atoms with Crippen LogP contribution in [-0.4, -0.2) is 19.8 Å². The van der Waals surface area contributed by atoms with Gasteiger partial charge in [-0.1, -0.05) is 13.3 Å². The van der Waals surface area contributed by atoms with Gasteiger partial charge in [0.15, 0.2) is 0 Å². The molecule has 1 aliphatic carbocycles. The van der Waals surface area contributed by atoms with Crippen LogP contribution in [0.2, 0.25) is 0 Å². The third kappa shape index (κ3) is 2.89. The minimum Gasteiger partial charge on any atom is -0.496 e. The van der Waals surface area contributed by atoms with Crippen molar-refractivity contribution < 1.29 is 9.47 Å². The molecule has 1 aliphatic heterocycles. The van der Waals surface area contributed by atoms with Crippen molar-refractivity contribution in [2.45, 2.75) is 58.6 Å². The summed E-state index contributed by atoms with van der Waals surface area (Å²) in [6.45, 7) is 6.40. The van der Waals surface area contributed by atoms with Crippen molar-refractivity contribution in [3.63, 3.8) is 0 Å². The average Bonchev–Trinajstić information content (AvgIpc) is 2.79. The molecule has 0 radical (unpaired) electrons. The molecule has 0 spiro atoms. The van der Waals surface area contributed by atoms with Gasteiger partial charge in [-0.05, 0) is 43.7 Å². The molecule has 2 aliphatic rings. The summed E-state index contributed by atoms with van der Waals surface area (Å²) >= 11 is 0. The van der Waals surface area contributed by atoms with Crippen molar-refractivity contribution in [3.05, 3.63) is 23.3 Å². The van der Waals surface area contributed by atoms with Gasteiger partial charge in [0.25, 0.3) is 0 Å². The SMILES string of the molecule is CCC1(CNCc2cc3c(cc2OC)CC(C)O3)CCC1. The summed E-state index contributed by atoms with van der Waals surface area (Å²) in [5.41, 5.74) is 3.03. The molecular formula is C18H27NO2. The lowest BCUT2D eigenvalue weighted by Crippen LogP contribution is -2.39. The minimum atomic E-state index is 0.284. The number of benzene rings is 1. The van der Waals surface area contributed by atoms with Crippen LogP contribution in [-0.2, 0) is 13.0 Å². The molecule has 0 bridgehead atoms. The molecule has 1 unspecified atom stereocenters. The summed E-state index contributed by atoms with van der Waals surface area (Å²) in [4.78, 5) is 0. The molecule has 1 N–H and O–H groups in total. The smallest absolute Gasteiger partial charge is 0.123 e. The van der Waals surface area contributed by atoms with Crippen molar-refractivity contribution in [1.82, 2.24) is 5.32 Å². The zero-order valence-corrected chi connectivity index (χ0v) is 13.5. The third-order valence-electron chi connectivity index (χ3n) is 5.28. The topological polar surface area (TPSA) is 30.5 Å². The van der Waals surface area contributed by atoms with Crippen molar-refractivity contribution >= 4 is 0 Å². The van der Waals surface area contributed by atoms with Gasteiger partial charge in [-0.2, -0.15) is 0 Å². The van der Waals surface area contributed by atoms with Gasteiger partial charge in [0.2, 0.25) is 0 Å². The van der Waals surface area contributed by atoms with E-state index in [1.807, 2.05) is 0 Å². The molecule has 1 saturated carbocycles. The summed E-state index contributed by atoms with van der Waals surface area (Å²) in [5.74, 6) is 2.02. The molecule has 1 atom stereocenters. The average molecular weight is 289 g/mol. The molecule has 0 amide bonds. The van der Waals surface area contributed by atoms with E-state index in [2.05, 4.69) is 31.3 Å². The number of ether oxygens (including phenoxy) is 2. The lowest BCUT2D eigenvalue weighted by Gasteiger charge is -2.41. The van der Waals surface area contributed by atoms with Crippen LogP contribution >= 0.6 is 0 Å². The first-order chi connectivity index (χ1) is 10.2. The second-order valence-electron chi connectivity index (χ2n) is 6.72. The summed E-state index contributed by atoms with van der Waals surface area (Å²) in [6, 6.07) is 4.30. The molecule has 0 saturated heterocycles. The fourth-order valence-corrected chi connectivity index (χ4v) is 3.60. The predicted octanol–water partition coefficient (Wildman–Crippen LogP) is 3.69. The Labute approximate surface area is 128 Å². The Morgan fingerprint density at radius 3 is 2.81 bits per heavy atom. The second-order valence-corrected chi connectivity index (χ2v) is 6.72. The van der Waals surface area contributed by atoms with Crippen LogP contribution in [0.3, 0.4) is 0 Å². The van der Waals surface area contributed by atoms with Gasteiger partial charge in [0, 0.05) is 30.6 Å². The molecule has 1 aromatic rings. The minimum absolute atomic E-state index is 0.284. The van der Waals surface area contributed by atoms with E-state index in [1.54, 1.807) is 7.11 Å². The number of fused-ring (bicyclic) bond motifs is 1. The van der Waals surface area contributed by atoms with Gasteiger partial charge in [-0.25, -0.2) is 0 Å². The van der Waals surface area contributed by atoms with Gasteiger partial charge < -0.3 is 14.8 Å². The van der Waals surface area contributed by atoms with E-state index in [0.29, 0.717) is 5.41 Å². The maximum absolute atomic E-state index is 5.86. The van der Waals surface area contributed by atoms with Crippen LogP contribution in [0, 0.1) is 5.41 Å². The molecule has 1 aromatic carbocycles.